The average molecular weight is 539 g/mol. The van der Waals surface area contributed by atoms with Crippen LogP contribution in [0.4, 0.5) is 0 Å². The number of likely N-dealkylation sites (tertiary alicyclic amines) is 1. The number of amides is 1. The van der Waals surface area contributed by atoms with Crippen LogP contribution in [0, 0.1) is 12.8 Å². The molecule has 1 amide bonds. The van der Waals surface area contributed by atoms with Crippen LogP contribution in [0.1, 0.15) is 41.6 Å². The quantitative estimate of drug-likeness (QED) is 0.321. The fraction of sp³-hybridized carbons (Fsp3) is 0.400. The molecule has 5 aromatic rings. The highest BCUT2D eigenvalue weighted by Crippen LogP contribution is 2.39. The second kappa shape index (κ2) is 10.1. The molecule has 0 aromatic carbocycles. The minimum absolute atomic E-state index is 0.0122. The second-order valence-electron chi connectivity index (χ2n) is 11.2. The molecule has 6 heterocycles. The van der Waals surface area contributed by atoms with Gasteiger partial charge in [0.1, 0.15) is 17.8 Å². The summed E-state index contributed by atoms with van der Waals surface area (Å²) in [5.74, 6) is 1.29. The summed E-state index contributed by atoms with van der Waals surface area (Å²) < 4.78 is 12.4. The summed E-state index contributed by atoms with van der Waals surface area (Å²) in [6.45, 7) is 5.54. The zero-order valence-corrected chi connectivity index (χ0v) is 22.7. The molecule has 1 aliphatic heterocycles. The van der Waals surface area contributed by atoms with E-state index >= 15 is 0 Å². The number of nitrogens with two attached hydrogens (primary N) is 1. The third kappa shape index (κ3) is 4.62. The zero-order valence-electron chi connectivity index (χ0n) is 22.7. The van der Waals surface area contributed by atoms with E-state index < -0.39 is 0 Å². The zero-order chi connectivity index (χ0) is 27.2. The number of nitrogens with zero attached hydrogens (tertiary/aromatic N) is 7. The van der Waals surface area contributed by atoms with Crippen LogP contribution in [-0.4, -0.2) is 65.3 Å². The SMILES string of the molecule is Cc1c(-c2cc3ccnc(OCCn4ccnc4)c3n2CC2CC2)nn2cc(C(=O)N3CCCC(N)C3)ccc12. The smallest absolute Gasteiger partial charge is 0.255 e. The van der Waals surface area contributed by atoms with Crippen molar-refractivity contribution in [2.24, 2.45) is 11.7 Å². The summed E-state index contributed by atoms with van der Waals surface area (Å²) in [6, 6.07) is 8.19. The van der Waals surface area contributed by atoms with Gasteiger partial charge in [0.2, 0.25) is 5.88 Å². The molecule has 10 heteroatoms. The molecule has 5 aromatic heterocycles. The topological polar surface area (TPSA) is 108 Å². The Labute approximate surface area is 232 Å². The number of aromatic nitrogens is 6. The van der Waals surface area contributed by atoms with Crippen molar-refractivity contribution >= 4 is 22.3 Å². The highest BCUT2D eigenvalue weighted by atomic mass is 16.5. The van der Waals surface area contributed by atoms with Gasteiger partial charge in [-0.25, -0.2) is 14.5 Å². The van der Waals surface area contributed by atoms with Crippen molar-refractivity contribution in [2.75, 3.05) is 19.7 Å². The fourth-order valence-electron chi connectivity index (χ4n) is 5.82. The van der Waals surface area contributed by atoms with Gasteiger partial charge in [0.05, 0.1) is 29.6 Å². The van der Waals surface area contributed by atoms with E-state index in [1.54, 1.807) is 18.7 Å². The third-order valence-electron chi connectivity index (χ3n) is 8.17. The molecule has 7 rings (SSSR count). The first-order chi connectivity index (χ1) is 19.5. The van der Waals surface area contributed by atoms with E-state index in [0.29, 0.717) is 37.1 Å². The number of pyridine rings is 2. The van der Waals surface area contributed by atoms with Crippen molar-refractivity contribution in [3.8, 4) is 17.3 Å². The lowest BCUT2D eigenvalue weighted by atomic mass is 10.1. The molecular weight excluding hydrogens is 504 g/mol. The van der Waals surface area contributed by atoms with E-state index in [1.807, 2.05) is 44.6 Å². The number of hydrogen-bond donors (Lipinski definition) is 1. The summed E-state index contributed by atoms with van der Waals surface area (Å²) in [7, 11) is 0. The predicted octanol–water partition coefficient (Wildman–Crippen LogP) is 3.91. The molecule has 2 N–H and O–H groups in total. The first-order valence-electron chi connectivity index (χ1n) is 14.2. The van der Waals surface area contributed by atoms with E-state index in [1.165, 1.54) is 12.8 Å². The van der Waals surface area contributed by atoms with E-state index in [2.05, 4.69) is 27.5 Å². The minimum Gasteiger partial charge on any atom is -0.474 e. The molecule has 1 unspecified atom stereocenters. The van der Waals surface area contributed by atoms with E-state index in [-0.39, 0.29) is 11.9 Å². The molecule has 1 atom stereocenters. The van der Waals surface area contributed by atoms with Crippen molar-refractivity contribution in [1.29, 1.82) is 0 Å². The van der Waals surface area contributed by atoms with Crippen molar-refractivity contribution in [3.05, 3.63) is 66.5 Å². The number of imidazole rings is 1. The summed E-state index contributed by atoms with van der Waals surface area (Å²) in [5, 5.41) is 6.10. The number of hydrogen-bond acceptors (Lipinski definition) is 6. The molecule has 2 aliphatic rings. The Morgan fingerprint density at radius 1 is 1.18 bits per heavy atom. The van der Waals surface area contributed by atoms with Gasteiger partial charge in [-0.1, -0.05) is 0 Å². The van der Waals surface area contributed by atoms with Gasteiger partial charge in [-0.3, -0.25) is 4.79 Å². The Morgan fingerprint density at radius 3 is 2.88 bits per heavy atom. The number of rotatable bonds is 8. The number of aryl methyl sites for hydroxylation is 1. The van der Waals surface area contributed by atoms with Gasteiger partial charge in [0, 0.05) is 61.4 Å². The molecule has 0 bridgehead atoms. The first kappa shape index (κ1) is 24.8. The second-order valence-corrected chi connectivity index (χ2v) is 11.2. The third-order valence-corrected chi connectivity index (χ3v) is 8.17. The molecule has 0 spiro atoms. The number of fused-ring (bicyclic) bond motifs is 2. The predicted molar refractivity (Wildman–Crippen MR) is 152 cm³/mol. The van der Waals surface area contributed by atoms with Crippen LogP contribution in [-0.2, 0) is 13.1 Å². The van der Waals surface area contributed by atoms with Crippen molar-refractivity contribution < 1.29 is 9.53 Å². The van der Waals surface area contributed by atoms with Crippen LogP contribution in [0.15, 0.2) is 55.4 Å². The van der Waals surface area contributed by atoms with Crippen molar-refractivity contribution in [2.45, 2.75) is 51.7 Å². The molecule has 1 saturated carbocycles. The summed E-state index contributed by atoms with van der Waals surface area (Å²) >= 11 is 0. The molecule has 1 saturated heterocycles. The van der Waals surface area contributed by atoms with Gasteiger partial charge >= 0.3 is 0 Å². The van der Waals surface area contributed by atoms with Crippen LogP contribution < -0.4 is 10.5 Å². The lowest BCUT2D eigenvalue weighted by Crippen LogP contribution is -2.45. The maximum atomic E-state index is 13.2. The van der Waals surface area contributed by atoms with E-state index in [4.69, 9.17) is 15.6 Å². The minimum atomic E-state index is 0.0122. The molecule has 2 fully saturated rings. The van der Waals surface area contributed by atoms with Gasteiger partial charge in [-0.2, -0.15) is 5.10 Å². The number of carbonyl (C=O) groups excluding carboxylic acids is 1. The highest BCUT2D eigenvalue weighted by Gasteiger charge is 2.28. The van der Waals surface area contributed by atoms with Crippen LogP contribution in [0.25, 0.3) is 27.8 Å². The standard InChI is InChI=1S/C30H34N8O2/c1-20-25-7-6-23(30(39)36-11-2-3-24(31)18-36)17-38(25)34-27(20)26-15-22-8-9-33-29(28(22)37(26)16-21-4-5-21)40-14-13-35-12-10-32-19-35/h6-10,12,15,17,19,21,24H,2-5,11,13-14,16,18,31H2,1H3. The summed E-state index contributed by atoms with van der Waals surface area (Å²) in [5.41, 5.74) is 11.8. The van der Waals surface area contributed by atoms with Crippen LogP contribution in [0.2, 0.25) is 0 Å². The lowest BCUT2D eigenvalue weighted by Gasteiger charge is -2.30. The van der Waals surface area contributed by atoms with Crippen molar-refractivity contribution in [3.63, 3.8) is 0 Å². The van der Waals surface area contributed by atoms with E-state index in [9.17, 15) is 4.79 Å². The first-order valence-corrected chi connectivity index (χ1v) is 14.2. The summed E-state index contributed by atoms with van der Waals surface area (Å²) in [4.78, 5) is 23.8. The largest absolute Gasteiger partial charge is 0.474 e. The molecule has 40 heavy (non-hydrogen) atoms. The number of carbonyl (C=O) groups is 1. The normalized spacial score (nSPS) is 17.6. The average Bonchev–Trinajstić information content (AvgIpc) is 3.33. The van der Waals surface area contributed by atoms with Gasteiger partial charge in [-0.05, 0) is 62.8 Å². The Balaban J connectivity index is 1.25. The summed E-state index contributed by atoms with van der Waals surface area (Å²) in [6.07, 6.45) is 13.5. The Bertz CT molecular complexity index is 1680. The Kier molecular flexibility index (Phi) is 6.27. The van der Waals surface area contributed by atoms with Gasteiger partial charge in [0.25, 0.3) is 5.91 Å². The Hall–Kier alpha value is -4.18. The van der Waals surface area contributed by atoms with Crippen LogP contribution >= 0.6 is 0 Å². The fourth-order valence-corrected chi connectivity index (χ4v) is 5.82. The monoisotopic (exact) mass is 538 g/mol. The van der Waals surface area contributed by atoms with Crippen LogP contribution in [0.3, 0.4) is 0 Å². The molecule has 10 nitrogen and oxygen atoms in total. The molecule has 1 aliphatic carbocycles. The van der Waals surface area contributed by atoms with Gasteiger partial charge in [0.15, 0.2) is 0 Å². The van der Waals surface area contributed by atoms with Gasteiger partial charge in [-0.15, -0.1) is 0 Å². The van der Waals surface area contributed by atoms with Crippen molar-refractivity contribution in [1.82, 2.24) is 33.6 Å². The maximum Gasteiger partial charge on any atom is 0.255 e. The number of piperidine rings is 1. The molecular formula is C30H34N8O2. The van der Waals surface area contributed by atoms with E-state index in [0.717, 1.165) is 59.3 Å². The number of ether oxygens (including phenoxy) is 1. The lowest BCUT2D eigenvalue weighted by molar-refractivity contribution is 0.0708. The molecule has 0 radical (unpaired) electrons. The molecule has 206 valence electrons. The van der Waals surface area contributed by atoms with Gasteiger partial charge < -0.3 is 24.5 Å². The Morgan fingerprint density at radius 2 is 2.08 bits per heavy atom. The van der Waals surface area contributed by atoms with Crippen LogP contribution in [0.5, 0.6) is 5.88 Å². The maximum absolute atomic E-state index is 13.2. The highest BCUT2D eigenvalue weighted by molar-refractivity contribution is 5.95.